The third-order valence-corrected chi connectivity index (χ3v) is 6.31. The molecule has 0 amide bonds. The molecule has 2 unspecified atom stereocenters. The molecule has 0 N–H and O–H groups in total. The van der Waals surface area contributed by atoms with Crippen LogP contribution in [0.3, 0.4) is 0 Å². The van der Waals surface area contributed by atoms with Crippen molar-refractivity contribution < 1.29 is 13.5 Å². The lowest BCUT2D eigenvalue weighted by molar-refractivity contribution is -0.0532. The summed E-state index contributed by atoms with van der Waals surface area (Å²) in [6.07, 6.45) is 7.18. The van der Waals surface area contributed by atoms with E-state index in [0.717, 1.165) is 61.1 Å². The van der Waals surface area contributed by atoms with Crippen LogP contribution < -0.4 is 0 Å². The zero-order valence-electron chi connectivity index (χ0n) is 15.5. The predicted molar refractivity (Wildman–Crippen MR) is 106 cm³/mol. The Hall–Kier alpha value is -1.39. The van der Waals surface area contributed by atoms with E-state index in [4.69, 9.17) is 16.3 Å². The number of aromatic nitrogens is 1. The molecule has 1 saturated carbocycles. The van der Waals surface area contributed by atoms with Gasteiger partial charge in [0.1, 0.15) is 0 Å². The average molecular weight is 394 g/mol. The van der Waals surface area contributed by atoms with Gasteiger partial charge in [0.15, 0.2) is 0 Å². The first-order valence-corrected chi connectivity index (χ1v) is 10.3. The molecule has 5 heteroatoms. The van der Waals surface area contributed by atoms with Crippen LogP contribution in [-0.4, -0.2) is 16.9 Å². The minimum atomic E-state index is -2.50. The Bertz CT molecular complexity index is 838. The normalized spacial score (nSPS) is 25.1. The molecule has 2 aromatic heterocycles. The lowest BCUT2D eigenvalue weighted by Gasteiger charge is -2.29. The van der Waals surface area contributed by atoms with E-state index in [-0.39, 0.29) is 24.9 Å². The van der Waals surface area contributed by atoms with Crippen LogP contribution in [0.15, 0.2) is 31.0 Å². The van der Waals surface area contributed by atoms with Crippen molar-refractivity contribution in [3.05, 3.63) is 47.3 Å². The molecule has 2 aliphatic rings. The highest BCUT2D eigenvalue weighted by Gasteiger charge is 2.36. The molecule has 27 heavy (non-hydrogen) atoms. The summed E-state index contributed by atoms with van der Waals surface area (Å²) in [6, 6.07) is 5.95. The third-order valence-electron chi connectivity index (χ3n) is 6.01. The van der Waals surface area contributed by atoms with Gasteiger partial charge < -0.3 is 9.14 Å². The van der Waals surface area contributed by atoms with Crippen molar-refractivity contribution in [2.24, 2.45) is 5.92 Å². The summed E-state index contributed by atoms with van der Waals surface area (Å²) in [6.45, 7) is 5.06. The van der Waals surface area contributed by atoms with Gasteiger partial charge in [0.2, 0.25) is 5.92 Å². The number of alkyl halides is 2. The summed E-state index contributed by atoms with van der Waals surface area (Å²) < 4.78 is 35.4. The highest BCUT2D eigenvalue weighted by atomic mass is 35.5. The predicted octanol–water partition coefficient (Wildman–Crippen LogP) is 7.06. The van der Waals surface area contributed by atoms with E-state index in [1.165, 1.54) is 0 Å². The maximum atomic E-state index is 13.7. The maximum Gasteiger partial charge on any atom is 0.248 e. The van der Waals surface area contributed by atoms with Gasteiger partial charge in [0.25, 0.3) is 0 Å². The standard InChI is InChI=1S/C22H26ClF2NO/c1-15(8-9-16-5-2-10-22(24,25)14-16)17-13-19(20-7-4-12-27-20)26-11-3-6-18(23)21(17)26/h3,6,11,13,16,20H,1-2,4-5,7-10,12,14H2. The first kappa shape index (κ1) is 18.9. The average Bonchev–Trinajstić information content (AvgIpc) is 3.27. The van der Waals surface area contributed by atoms with Gasteiger partial charge in [0, 0.05) is 31.2 Å². The Morgan fingerprint density at radius 3 is 2.93 bits per heavy atom. The van der Waals surface area contributed by atoms with Gasteiger partial charge in [-0.1, -0.05) is 24.6 Å². The number of fused-ring (bicyclic) bond motifs is 1. The highest BCUT2D eigenvalue weighted by Crippen LogP contribution is 2.41. The number of hydrogen-bond acceptors (Lipinski definition) is 1. The highest BCUT2D eigenvalue weighted by molar-refractivity contribution is 6.34. The van der Waals surface area contributed by atoms with Gasteiger partial charge in [-0.05, 0) is 61.8 Å². The quantitative estimate of drug-likeness (QED) is 0.530. The molecule has 0 radical (unpaired) electrons. The minimum absolute atomic E-state index is 0.0126. The molecule has 0 spiro atoms. The maximum absolute atomic E-state index is 13.7. The van der Waals surface area contributed by atoms with Crippen molar-refractivity contribution in [2.45, 2.75) is 63.4 Å². The van der Waals surface area contributed by atoms with E-state index in [0.29, 0.717) is 11.4 Å². The summed E-state index contributed by atoms with van der Waals surface area (Å²) in [5.74, 6) is -2.42. The van der Waals surface area contributed by atoms with Crippen LogP contribution in [0.1, 0.15) is 68.7 Å². The van der Waals surface area contributed by atoms with Gasteiger partial charge >= 0.3 is 0 Å². The Kier molecular flexibility index (Phi) is 5.30. The Labute approximate surface area is 164 Å². The molecule has 1 aliphatic heterocycles. The first-order chi connectivity index (χ1) is 12.9. The van der Waals surface area contributed by atoms with Gasteiger partial charge in [0.05, 0.1) is 22.3 Å². The lowest BCUT2D eigenvalue weighted by atomic mass is 9.82. The van der Waals surface area contributed by atoms with Crippen LogP contribution in [0.4, 0.5) is 8.78 Å². The topological polar surface area (TPSA) is 13.6 Å². The van der Waals surface area contributed by atoms with Crippen LogP contribution in [0.25, 0.3) is 11.1 Å². The number of halogens is 3. The Balaban J connectivity index is 1.56. The van der Waals surface area contributed by atoms with Gasteiger partial charge in [-0.15, -0.1) is 0 Å². The summed E-state index contributed by atoms with van der Waals surface area (Å²) in [4.78, 5) is 0. The first-order valence-electron chi connectivity index (χ1n) is 9.92. The molecule has 2 atom stereocenters. The smallest absolute Gasteiger partial charge is 0.248 e. The van der Waals surface area contributed by atoms with Crippen molar-refractivity contribution in [3.8, 4) is 0 Å². The molecular formula is C22H26ClF2NO. The van der Waals surface area contributed by atoms with E-state index in [9.17, 15) is 8.78 Å². The van der Waals surface area contributed by atoms with Crippen molar-refractivity contribution in [2.75, 3.05) is 6.61 Å². The number of nitrogens with zero attached hydrogens (tertiary/aromatic N) is 1. The van der Waals surface area contributed by atoms with Gasteiger partial charge in [-0.2, -0.15) is 0 Å². The van der Waals surface area contributed by atoms with Crippen LogP contribution in [-0.2, 0) is 4.74 Å². The van der Waals surface area contributed by atoms with Crippen LogP contribution in [0.2, 0.25) is 5.02 Å². The van der Waals surface area contributed by atoms with Crippen molar-refractivity contribution in [1.82, 2.24) is 4.40 Å². The van der Waals surface area contributed by atoms with Crippen LogP contribution in [0, 0.1) is 5.92 Å². The minimum Gasteiger partial charge on any atom is -0.372 e. The molecular weight excluding hydrogens is 368 g/mol. The molecule has 1 saturated heterocycles. The van der Waals surface area contributed by atoms with Crippen LogP contribution in [0.5, 0.6) is 0 Å². The molecule has 2 fully saturated rings. The number of pyridine rings is 1. The van der Waals surface area contributed by atoms with E-state index in [1.807, 2.05) is 18.3 Å². The molecule has 4 rings (SSSR count). The van der Waals surface area contributed by atoms with Crippen molar-refractivity contribution in [1.29, 1.82) is 0 Å². The summed E-state index contributed by atoms with van der Waals surface area (Å²) in [5, 5.41) is 0.682. The fourth-order valence-electron chi connectivity index (χ4n) is 4.61. The van der Waals surface area contributed by atoms with Crippen molar-refractivity contribution >= 4 is 22.7 Å². The van der Waals surface area contributed by atoms with Crippen LogP contribution >= 0.6 is 11.6 Å². The second-order valence-corrected chi connectivity index (χ2v) is 8.43. The molecule has 3 heterocycles. The number of hydrogen-bond donors (Lipinski definition) is 0. The van der Waals surface area contributed by atoms with E-state index in [2.05, 4.69) is 17.0 Å². The van der Waals surface area contributed by atoms with Crippen molar-refractivity contribution in [3.63, 3.8) is 0 Å². The van der Waals surface area contributed by atoms with E-state index < -0.39 is 5.92 Å². The van der Waals surface area contributed by atoms with Gasteiger partial charge in [-0.3, -0.25) is 0 Å². The third kappa shape index (κ3) is 3.93. The zero-order chi connectivity index (χ0) is 19.0. The molecule has 0 bridgehead atoms. The Morgan fingerprint density at radius 2 is 2.19 bits per heavy atom. The second kappa shape index (κ2) is 7.56. The fraction of sp³-hybridized carbons (Fsp3) is 0.545. The fourth-order valence-corrected chi connectivity index (χ4v) is 4.87. The largest absolute Gasteiger partial charge is 0.372 e. The number of allylic oxidation sites excluding steroid dienone is 1. The number of rotatable bonds is 5. The molecule has 0 aromatic carbocycles. The monoisotopic (exact) mass is 393 g/mol. The van der Waals surface area contributed by atoms with Gasteiger partial charge in [-0.25, -0.2) is 8.78 Å². The molecule has 1 aliphatic carbocycles. The molecule has 2 nitrogen and oxygen atoms in total. The summed E-state index contributed by atoms with van der Waals surface area (Å²) in [5.41, 5.74) is 4.04. The molecule has 2 aromatic rings. The lowest BCUT2D eigenvalue weighted by Crippen LogP contribution is -2.25. The van der Waals surface area contributed by atoms with E-state index >= 15 is 0 Å². The summed E-state index contributed by atoms with van der Waals surface area (Å²) in [7, 11) is 0. The van der Waals surface area contributed by atoms with E-state index in [1.54, 1.807) is 0 Å². The SMILES string of the molecule is C=C(CCC1CCCC(F)(F)C1)c1cc(C2CCCO2)n2cccc(Cl)c12. The Morgan fingerprint density at radius 1 is 1.33 bits per heavy atom. The summed E-state index contributed by atoms with van der Waals surface area (Å²) >= 11 is 6.51. The zero-order valence-corrected chi connectivity index (χ0v) is 16.3. The number of ether oxygens (including phenoxy) is 1. The second-order valence-electron chi connectivity index (χ2n) is 8.02. The molecule has 146 valence electrons.